The highest BCUT2D eigenvalue weighted by Gasteiger charge is 2.08. The van der Waals surface area contributed by atoms with Gasteiger partial charge in [-0.1, -0.05) is 55.5 Å². The van der Waals surface area contributed by atoms with E-state index in [0.717, 1.165) is 50.8 Å². The smallest absolute Gasteiger partial charge is 0.191 e. The second-order valence-corrected chi connectivity index (χ2v) is 8.15. The van der Waals surface area contributed by atoms with Crippen molar-refractivity contribution in [2.75, 3.05) is 13.1 Å². The van der Waals surface area contributed by atoms with E-state index in [0.29, 0.717) is 0 Å². The van der Waals surface area contributed by atoms with Crippen LogP contribution in [0, 0.1) is 0 Å². The van der Waals surface area contributed by atoms with Gasteiger partial charge in [0.15, 0.2) is 5.96 Å². The number of nitrogens with zero attached hydrogens (tertiary/aromatic N) is 5. The van der Waals surface area contributed by atoms with Gasteiger partial charge in [0, 0.05) is 44.3 Å². The molecule has 2 aromatic carbocycles. The summed E-state index contributed by atoms with van der Waals surface area (Å²) in [7, 11) is 0. The third-order valence-corrected chi connectivity index (χ3v) is 5.82. The molecule has 0 radical (unpaired) electrons. The number of hydrogen-bond donors (Lipinski definition) is 2. The predicted octanol–water partition coefficient (Wildman–Crippen LogP) is 4.80. The molecule has 0 aliphatic heterocycles. The highest BCUT2D eigenvalue weighted by Crippen LogP contribution is 2.15. The zero-order valence-electron chi connectivity index (χ0n) is 19.9. The summed E-state index contributed by atoms with van der Waals surface area (Å²) in [5, 5.41) is 16.5. The molecule has 0 amide bonds. The zero-order chi connectivity index (χ0) is 22.9. The van der Waals surface area contributed by atoms with Crippen LogP contribution < -0.4 is 10.6 Å². The Hall–Kier alpha value is -2.88. The largest absolute Gasteiger partial charge is 0.355 e. The summed E-state index contributed by atoms with van der Waals surface area (Å²) >= 11 is 0. The molecule has 0 fully saturated rings. The predicted molar refractivity (Wildman–Crippen MR) is 150 cm³/mol. The van der Waals surface area contributed by atoms with Gasteiger partial charge in [-0.2, -0.15) is 0 Å². The molecule has 0 aliphatic carbocycles. The van der Waals surface area contributed by atoms with E-state index < -0.39 is 0 Å². The van der Waals surface area contributed by atoms with Crippen molar-refractivity contribution in [3.8, 4) is 0 Å². The van der Waals surface area contributed by atoms with Gasteiger partial charge in [-0.15, -0.1) is 34.2 Å². The first kappa shape index (κ1) is 25.7. The van der Waals surface area contributed by atoms with Gasteiger partial charge in [0.05, 0.1) is 6.04 Å². The van der Waals surface area contributed by atoms with Gasteiger partial charge in [0.1, 0.15) is 12.2 Å². The van der Waals surface area contributed by atoms with Gasteiger partial charge < -0.3 is 19.8 Å². The Balaban J connectivity index is 0.00000324. The van der Waals surface area contributed by atoms with Crippen molar-refractivity contribution >= 4 is 40.8 Å². The van der Waals surface area contributed by atoms with Crippen LogP contribution in [0.25, 0.3) is 10.9 Å². The van der Waals surface area contributed by atoms with Crippen molar-refractivity contribution in [1.29, 1.82) is 0 Å². The molecule has 2 aromatic heterocycles. The number of aromatic nitrogens is 4. The lowest BCUT2D eigenvalue weighted by atomic mass is 10.1. The van der Waals surface area contributed by atoms with E-state index in [4.69, 9.17) is 4.99 Å². The van der Waals surface area contributed by atoms with Crippen LogP contribution >= 0.6 is 24.0 Å². The fourth-order valence-corrected chi connectivity index (χ4v) is 3.98. The molecule has 0 bridgehead atoms. The zero-order valence-corrected chi connectivity index (χ0v) is 22.2. The van der Waals surface area contributed by atoms with Crippen molar-refractivity contribution < 1.29 is 0 Å². The molecule has 0 aliphatic rings. The Kier molecular flexibility index (Phi) is 9.93. The normalized spacial score (nSPS) is 12.4. The van der Waals surface area contributed by atoms with Crippen LogP contribution in [0.1, 0.15) is 37.7 Å². The van der Waals surface area contributed by atoms with E-state index in [2.05, 4.69) is 105 Å². The van der Waals surface area contributed by atoms with Gasteiger partial charge in [-0.25, -0.2) is 0 Å². The number of rotatable bonds is 10. The second-order valence-electron chi connectivity index (χ2n) is 8.15. The first-order valence-electron chi connectivity index (χ1n) is 11.7. The van der Waals surface area contributed by atoms with E-state index in [1.54, 1.807) is 6.33 Å². The second kappa shape index (κ2) is 13.1. The number of halogens is 1. The number of benzene rings is 2. The molecule has 0 saturated carbocycles. The molecule has 8 heteroatoms. The van der Waals surface area contributed by atoms with E-state index in [1.165, 1.54) is 16.5 Å². The van der Waals surface area contributed by atoms with Crippen LogP contribution in [0.15, 0.2) is 78.2 Å². The summed E-state index contributed by atoms with van der Waals surface area (Å²) in [5.74, 6) is 1.83. The molecule has 1 unspecified atom stereocenters. The van der Waals surface area contributed by atoms with Crippen molar-refractivity contribution in [2.45, 2.75) is 45.8 Å². The van der Waals surface area contributed by atoms with Crippen LogP contribution in [0.5, 0.6) is 0 Å². The molecular formula is C26H34IN7. The average molecular weight is 572 g/mol. The molecule has 2 N–H and O–H groups in total. The van der Waals surface area contributed by atoms with E-state index in [9.17, 15) is 0 Å². The number of aryl methyl sites for hydroxylation is 2. The first-order chi connectivity index (χ1) is 16.2. The summed E-state index contributed by atoms with van der Waals surface area (Å²) in [4.78, 5) is 4.87. The van der Waals surface area contributed by atoms with Crippen molar-refractivity contribution in [1.82, 2.24) is 30.0 Å². The van der Waals surface area contributed by atoms with Crippen LogP contribution in [0.3, 0.4) is 0 Å². The lowest BCUT2D eigenvalue weighted by Crippen LogP contribution is -2.40. The average Bonchev–Trinajstić information content (AvgIpc) is 3.49. The lowest BCUT2D eigenvalue weighted by Gasteiger charge is -2.19. The Morgan fingerprint density at radius 2 is 1.79 bits per heavy atom. The molecular weight excluding hydrogens is 537 g/mol. The SMILES string of the molecule is CCc1nncn1CCNC(=NCCCn1ccc2ccccc21)NC(C)c1ccccc1.I. The molecule has 2 heterocycles. The van der Waals surface area contributed by atoms with E-state index in [1.807, 2.05) is 6.07 Å². The Bertz CT molecular complexity index is 1170. The van der Waals surface area contributed by atoms with E-state index in [-0.39, 0.29) is 30.0 Å². The molecule has 0 saturated heterocycles. The summed E-state index contributed by atoms with van der Waals surface area (Å²) in [6, 6.07) is 21.3. The fraction of sp³-hybridized carbons (Fsp3) is 0.346. The Morgan fingerprint density at radius 3 is 2.62 bits per heavy atom. The monoisotopic (exact) mass is 571 g/mol. The molecule has 180 valence electrons. The maximum Gasteiger partial charge on any atom is 0.191 e. The Morgan fingerprint density at radius 1 is 1.00 bits per heavy atom. The molecule has 4 rings (SSSR count). The number of aliphatic imine (C=N–C) groups is 1. The molecule has 1 atom stereocenters. The lowest BCUT2D eigenvalue weighted by molar-refractivity contribution is 0.614. The molecule has 7 nitrogen and oxygen atoms in total. The third-order valence-electron chi connectivity index (χ3n) is 5.82. The highest BCUT2D eigenvalue weighted by molar-refractivity contribution is 14.0. The minimum absolute atomic E-state index is 0. The Labute approximate surface area is 218 Å². The van der Waals surface area contributed by atoms with Gasteiger partial charge in [-0.3, -0.25) is 4.99 Å². The molecule has 0 spiro atoms. The number of guanidine groups is 1. The minimum atomic E-state index is 0. The fourth-order valence-electron chi connectivity index (χ4n) is 3.98. The van der Waals surface area contributed by atoms with Crippen LogP contribution in [-0.2, 0) is 19.5 Å². The van der Waals surface area contributed by atoms with Gasteiger partial charge in [0.2, 0.25) is 0 Å². The number of hydrogen-bond acceptors (Lipinski definition) is 3. The standard InChI is InChI=1S/C26H33N7.HI/c1-3-25-31-29-20-33(25)19-16-28-26(30-21(2)22-10-5-4-6-11-22)27-15-9-17-32-18-14-23-12-7-8-13-24(23)32;/h4-8,10-14,18,20-21H,3,9,15-17,19H2,1-2H3,(H2,27,28,30);1H. The topological polar surface area (TPSA) is 72.1 Å². The van der Waals surface area contributed by atoms with Crippen LogP contribution in [0.2, 0.25) is 0 Å². The number of nitrogens with one attached hydrogen (secondary N) is 2. The number of para-hydroxylation sites is 1. The summed E-state index contributed by atoms with van der Waals surface area (Å²) in [6.45, 7) is 7.49. The first-order valence-corrected chi connectivity index (χ1v) is 11.7. The van der Waals surface area contributed by atoms with Crippen LogP contribution in [-0.4, -0.2) is 38.4 Å². The van der Waals surface area contributed by atoms with Gasteiger partial charge in [-0.05, 0) is 36.4 Å². The molecule has 4 aromatic rings. The summed E-state index contributed by atoms with van der Waals surface area (Å²) in [6.07, 6.45) is 5.79. The summed E-state index contributed by atoms with van der Waals surface area (Å²) in [5.41, 5.74) is 2.51. The van der Waals surface area contributed by atoms with Gasteiger partial charge >= 0.3 is 0 Å². The van der Waals surface area contributed by atoms with E-state index >= 15 is 0 Å². The maximum absolute atomic E-state index is 4.87. The highest BCUT2D eigenvalue weighted by atomic mass is 127. The maximum atomic E-state index is 4.87. The number of fused-ring (bicyclic) bond motifs is 1. The summed E-state index contributed by atoms with van der Waals surface area (Å²) < 4.78 is 4.39. The van der Waals surface area contributed by atoms with Crippen molar-refractivity contribution in [3.63, 3.8) is 0 Å². The quantitative estimate of drug-likeness (QED) is 0.124. The van der Waals surface area contributed by atoms with Crippen LogP contribution in [0.4, 0.5) is 0 Å². The minimum Gasteiger partial charge on any atom is -0.355 e. The van der Waals surface area contributed by atoms with Crippen molar-refractivity contribution in [2.24, 2.45) is 4.99 Å². The molecule has 34 heavy (non-hydrogen) atoms. The third kappa shape index (κ3) is 6.82. The van der Waals surface area contributed by atoms with Crippen molar-refractivity contribution in [3.05, 3.63) is 84.6 Å². The van der Waals surface area contributed by atoms with Gasteiger partial charge in [0.25, 0.3) is 0 Å².